The fourth-order valence-corrected chi connectivity index (χ4v) is 3.95. The highest BCUT2D eigenvalue weighted by atomic mass is 15.4. The highest BCUT2D eigenvalue weighted by molar-refractivity contribution is 5.32. The lowest BCUT2D eigenvalue weighted by atomic mass is 10.0. The zero-order chi connectivity index (χ0) is 13.5. The minimum atomic E-state index is 0.348. The molecule has 4 aliphatic rings. The fourth-order valence-electron chi connectivity index (χ4n) is 3.95. The number of hydrogen-bond donors (Lipinski definition) is 1. The van der Waals surface area contributed by atoms with Crippen LogP contribution in [0.5, 0.6) is 0 Å². The van der Waals surface area contributed by atoms with E-state index in [4.69, 9.17) is 10.7 Å². The van der Waals surface area contributed by atoms with Crippen molar-refractivity contribution in [3.8, 4) is 0 Å². The largest absolute Gasteiger partial charge is 0.384 e. The van der Waals surface area contributed by atoms with Crippen LogP contribution in [0.2, 0.25) is 0 Å². The minimum Gasteiger partial charge on any atom is -0.384 e. The molecule has 0 aromatic carbocycles. The van der Waals surface area contributed by atoms with Crippen LogP contribution < -0.4 is 5.73 Å². The molecule has 5 heteroatoms. The number of anilines is 1. The summed E-state index contributed by atoms with van der Waals surface area (Å²) in [5.74, 6) is 2.21. The number of hydrogen-bond acceptors (Lipinski definition) is 5. The second kappa shape index (κ2) is 4.97. The molecule has 5 nitrogen and oxygen atoms in total. The summed E-state index contributed by atoms with van der Waals surface area (Å²) in [6.45, 7) is 5.72. The Morgan fingerprint density at radius 3 is 2.45 bits per heavy atom. The predicted octanol–water partition coefficient (Wildman–Crippen LogP) is 1.39. The standard InChI is InChI=1S/C15H23N5/c16-14-9-12(11-3-1-2-4-11)17-15(18-14)13-10-19-5-7-20(13)8-6-19/h9,11,13H,1-8,10H2,(H2,16,17,18). The van der Waals surface area contributed by atoms with Crippen molar-refractivity contribution in [1.82, 2.24) is 19.8 Å². The first-order valence-corrected chi connectivity index (χ1v) is 7.90. The number of piperazine rings is 3. The molecule has 1 aromatic rings. The minimum absolute atomic E-state index is 0.348. The average molecular weight is 273 g/mol. The second-order valence-electron chi connectivity index (χ2n) is 6.41. The van der Waals surface area contributed by atoms with E-state index in [1.807, 2.05) is 6.07 Å². The maximum atomic E-state index is 6.05. The summed E-state index contributed by atoms with van der Waals surface area (Å²) >= 11 is 0. The van der Waals surface area contributed by atoms with E-state index in [-0.39, 0.29) is 0 Å². The monoisotopic (exact) mass is 273 g/mol. The maximum absolute atomic E-state index is 6.05. The van der Waals surface area contributed by atoms with Crippen molar-refractivity contribution in [2.45, 2.75) is 37.6 Å². The number of nitrogens with two attached hydrogens (primary N) is 1. The smallest absolute Gasteiger partial charge is 0.149 e. The molecule has 3 aliphatic heterocycles. The molecule has 108 valence electrons. The quantitative estimate of drug-likeness (QED) is 0.882. The van der Waals surface area contributed by atoms with E-state index < -0.39 is 0 Å². The Bertz CT molecular complexity index is 489. The Balaban J connectivity index is 1.64. The first-order chi connectivity index (χ1) is 9.79. The van der Waals surface area contributed by atoms with Gasteiger partial charge in [0.15, 0.2) is 0 Å². The van der Waals surface area contributed by atoms with Gasteiger partial charge in [-0.1, -0.05) is 12.8 Å². The van der Waals surface area contributed by atoms with Gasteiger partial charge in [-0.05, 0) is 12.8 Å². The van der Waals surface area contributed by atoms with Gasteiger partial charge in [0.2, 0.25) is 0 Å². The number of aromatic nitrogens is 2. The molecule has 2 bridgehead atoms. The third kappa shape index (κ3) is 2.19. The summed E-state index contributed by atoms with van der Waals surface area (Å²) in [6, 6.07) is 2.34. The van der Waals surface area contributed by atoms with Gasteiger partial charge in [-0.3, -0.25) is 9.80 Å². The van der Waals surface area contributed by atoms with E-state index in [0.717, 1.165) is 25.5 Å². The molecule has 1 atom stereocenters. The lowest BCUT2D eigenvalue weighted by Crippen LogP contribution is -2.57. The molecular weight excluding hydrogens is 250 g/mol. The topological polar surface area (TPSA) is 58.3 Å². The van der Waals surface area contributed by atoms with Gasteiger partial charge in [0.25, 0.3) is 0 Å². The number of nitrogen functional groups attached to an aromatic ring is 1. The van der Waals surface area contributed by atoms with Crippen molar-refractivity contribution in [1.29, 1.82) is 0 Å². The number of rotatable bonds is 2. The third-order valence-electron chi connectivity index (χ3n) is 5.13. The van der Waals surface area contributed by atoms with Crippen molar-refractivity contribution >= 4 is 5.82 Å². The Labute approximate surface area is 120 Å². The van der Waals surface area contributed by atoms with Gasteiger partial charge in [0, 0.05) is 50.4 Å². The van der Waals surface area contributed by atoms with Gasteiger partial charge in [-0.2, -0.15) is 0 Å². The van der Waals surface area contributed by atoms with Crippen molar-refractivity contribution in [3.05, 3.63) is 17.6 Å². The highest BCUT2D eigenvalue weighted by Crippen LogP contribution is 2.35. The van der Waals surface area contributed by atoms with E-state index in [1.54, 1.807) is 0 Å². The molecule has 20 heavy (non-hydrogen) atoms. The van der Waals surface area contributed by atoms with Gasteiger partial charge < -0.3 is 5.73 Å². The Morgan fingerprint density at radius 1 is 1.05 bits per heavy atom. The Hall–Kier alpha value is -1.20. The molecule has 5 rings (SSSR count). The molecule has 1 aromatic heterocycles. The van der Waals surface area contributed by atoms with Crippen LogP contribution in [0.1, 0.15) is 49.2 Å². The predicted molar refractivity (Wildman–Crippen MR) is 78.4 cm³/mol. The lowest BCUT2D eigenvalue weighted by molar-refractivity contribution is 0.00860. The van der Waals surface area contributed by atoms with E-state index in [0.29, 0.717) is 17.8 Å². The first kappa shape index (κ1) is 12.5. The number of fused-ring (bicyclic) bond motifs is 3. The normalized spacial score (nSPS) is 33.7. The fraction of sp³-hybridized carbons (Fsp3) is 0.733. The van der Waals surface area contributed by atoms with Crippen molar-refractivity contribution < 1.29 is 0 Å². The molecule has 1 aliphatic carbocycles. The van der Waals surface area contributed by atoms with Crippen molar-refractivity contribution in [2.75, 3.05) is 38.5 Å². The van der Waals surface area contributed by atoms with Gasteiger partial charge in [0.1, 0.15) is 11.6 Å². The van der Waals surface area contributed by atoms with Crippen molar-refractivity contribution in [3.63, 3.8) is 0 Å². The van der Waals surface area contributed by atoms with E-state index >= 15 is 0 Å². The van der Waals surface area contributed by atoms with Gasteiger partial charge in [-0.15, -0.1) is 0 Å². The van der Waals surface area contributed by atoms with Crippen LogP contribution in [0.4, 0.5) is 5.82 Å². The summed E-state index contributed by atoms with van der Waals surface area (Å²) in [5.41, 5.74) is 7.23. The van der Waals surface area contributed by atoms with E-state index in [2.05, 4.69) is 14.8 Å². The molecule has 0 spiro atoms. The van der Waals surface area contributed by atoms with E-state index in [9.17, 15) is 0 Å². The molecule has 1 unspecified atom stereocenters. The molecule has 0 amide bonds. The first-order valence-electron chi connectivity index (χ1n) is 7.90. The zero-order valence-electron chi connectivity index (χ0n) is 12.0. The maximum Gasteiger partial charge on any atom is 0.149 e. The van der Waals surface area contributed by atoms with Crippen LogP contribution in [0.25, 0.3) is 0 Å². The molecule has 0 radical (unpaired) electrons. The van der Waals surface area contributed by atoms with Crippen LogP contribution in [0.15, 0.2) is 6.07 Å². The summed E-state index contributed by atoms with van der Waals surface area (Å²) < 4.78 is 0. The Kier molecular flexibility index (Phi) is 3.11. The van der Waals surface area contributed by atoms with Gasteiger partial charge in [-0.25, -0.2) is 9.97 Å². The zero-order valence-corrected chi connectivity index (χ0v) is 12.0. The van der Waals surface area contributed by atoms with Crippen LogP contribution in [0.3, 0.4) is 0 Å². The van der Waals surface area contributed by atoms with Crippen LogP contribution in [-0.2, 0) is 0 Å². The SMILES string of the molecule is Nc1cc(C2CCCC2)nc(C2CN3CCN2CC3)n1. The summed E-state index contributed by atoms with van der Waals surface area (Å²) in [7, 11) is 0. The average Bonchev–Trinajstić information content (AvgIpc) is 3.02. The third-order valence-corrected chi connectivity index (χ3v) is 5.13. The molecule has 1 saturated carbocycles. The molecule has 2 N–H and O–H groups in total. The summed E-state index contributed by atoms with van der Waals surface area (Å²) in [5, 5.41) is 0. The van der Waals surface area contributed by atoms with Crippen LogP contribution in [0, 0.1) is 0 Å². The molecular formula is C15H23N5. The lowest BCUT2D eigenvalue weighted by Gasteiger charge is -2.46. The molecule has 3 saturated heterocycles. The highest BCUT2D eigenvalue weighted by Gasteiger charge is 2.35. The van der Waals surface area contributed by atoms with E-state index in [1.165, 1.54) is 44.5 Å². The molecule has 4 heterocycles. The van der Waals surface area contributed by atoms with Gasteiger partial charge >= 0.3 is 0 Å². The van der Waals surface area contributed by atoms with Crippen LogP contribution in [-0.4, -0.2) is 52.5 Å². The number of nitrogens with zero attached hydrogens (tertiary/aromatic N) is 4. The van der Waals surface area contributed by atoms with Crippen LogP contribution >= 0.6 is 0 Å². The molecule has 4 fully saturated rings. The van der Waals surface area contributed by atoms with Gasteiger partial charge in [0.05, 0.1) is 6.04 Å². The summed E-state index contributed by atoms with van der Waals surface area (Å²) in [4.78, 5) is 14.5. The van der Waals surface area contributed by atoms with Crippen molar-refractivity contribution in [2.24, 2.45) is 0 Å². The summed E-state index contributed by atoms with van der Waals surface area (Å²) in [6.07, 6.45) is 5.17. The second-order valence-corrected chi connectivity index (χ2v) is 6.41. The Morgan fingerprint density at radius 2 is 1.80 bits per heavy atom.